The Kier molecular flexibility index (Phi) is 16.7. The fraction of sp³-hybridized carbons (Fsp3) is 0.844. The van der Waals surface area contributed by atoms with Crippen LogP contribution in [-0.2, 0) is 42.9 Å². The van der Waals surface area contributed by atoms with Crippen LogP contribution >= 0.6 is 0 Å². The van der Waals surface area contributed by atoms with Crippen molar-refractivity contribution in [1.29, 1.82) is 0 Å². The van der Waals surface area contributed by atoms with E-state index in [9.17, 15) is 29.1 Å². The average molecular weight is 646 g/mol. The number of aliphatic carboxylic acids is 1. The van der Waals surface area contributed by atoms with E-state index in [0.717, 1.165) is 0 Å². The highest BCUT2D eigenvalue weighted by Crippen LogP contribution is 2.17. The van der Waals surface area contributed by atoms with Crippen molar-refractivity contribution in [2.45, 2.75) is 119 Å². The van der Waals surface area contributed by atoms with Crippen LogP contribution in [0.1, 0.15) is 96.4 Å². The van der Waals surface area contributed by atoms with Gasteiger partial charge in [0.05, 0.1) is 24.9 Å². The van der Waals surface area contributed by atoms with Crippen LogP contribution in [0.5, 0.6) is 0 Å². The van der Waals surface area contributed by atoms with Crippen molar-refractivity contribution >= 4 is 29.8 Å². The summed E-state index contributed by atoms with van der Waals surface area (Å²) in [5, 5.41) is 9.72. The second-order valence-electron chi connectivity index (χ2n) is 15.1. The first-order chi connectivity index (χ1) is 20.2. The predicted molar refractivity (Wildman–Crippen MR) is 169 cm³/mol. The molecule has 0 heterocycles. The van der Waals surface area contributed by atoms with Crippen LogP contribution in [0.15, 0.2) is 0 Å². The van der Waals surface area contributed by atoms with Gasteiger partial charge in [-0.1, -0.05) is 6.92 Å². The molecule has 0 fully saturated rings. The van der Waals surface area contributed by atoms with Crippen molar-refractivity contribution in [3.05, 3.63) is 0 Å². The van der Waals surface area contributed by atoms with Gasteiger partial charge in [0.2, 0.25) is 0 Å². The number of carbonyl (C=O) groups excluding carboxylic acids is 4. The zero-order chi connectivity index (χ0) is 35.4. The van der Waals surface area contributed by atoms with Crippen LogP contribution in [0.2, 0.25) is 0 Å². The summed E-state index contributed by atoms with van der Waals surface area (Å²) in [6, 6.07) is -1.16. The van der Waals surface area contributed by atoms with Crippen molar-refractivity contribution in [2.75, 3.05) is 52.5 Å². The molecule has 1 atom stereocenters. The first-order valence-electron chi connectivity index (χ1n) is 15.5. The molecule has 1 unspecified atom stereocenters. The number of esters is 4. The van der Waals surface area contributed by atoms with Gasteiger partial charge in [0.15, 0.2) is 0 Å². The molecular formula is C32H59N3O10. The molecule has 0 spiro atoms. The molecular weight excluding hydrogens is 586 g/mol. The normalized spacial score (nSPS) is 13.5. The van der Waals surface area contributed by atoms with Crippen LogP contribution in [0.25, 0.3) is 0 Å². The number of hydrogen-bond acceptors (Lipinski definition) is 12. The summed E-state index contributed by atoms with van der Waals surface area (Å²) >= 11 is 0. The number of likely N-dealkylation sites (N-methyl/N-ethyl adjacent to an activating group) is 1. The fourth-order valence-corrected chi connectivity index (χ4v) is 3.88. The number of carboxylic acid groups (broad SMARTS) is 1. The van der Waals surface area contributed by atoms with Crippen molar-refractivity contribution in [3.63, 3.8) is 0 Å². The maximum atomic E-state index is 13.3. The lowest BCUT2D eigenvalue weighted by Gasteiger charge is -2.35. The van der Waals surface area contributed by atoms with E-state index in [0.29, 0.717) is 13.1 Å². The predicted octanol–water partition coefficient (Wildman–Crippen LogP) is 3.33. The molecule has 0 rings (SSSR count). The zero-order valence-corrected chi connectivity index (χ0v) is 29.9. The Morgan fingerprint density at radius 2 is 1.07 bits per heavy atom. The monoisotopic (exact) mass is 645 g/mol. The number of carbonyl (C=O) groups is 5. The van der Waals surface area contributed by atoms with Crippen LogP contribution in [-0.4, -0.2) is 125 Å². The van der Waals surface area contributed by atoms with Gasteiger partial charge in [-0.3, -0.25) is 38.7 Å². The van der Waals surface area contributed by atoms with E-state index >= 15 is 0 Å². The van der Waals surface area contributed by atoms with Crippen LogP contribution in [0.4, 0.5) is 0 Å². The van der Waals surface area contributed by atoms with Gasteiger partial charge in [0.25, 0.3) is 0 Å². The summed E-state index contributed by atoms with van der Waals surface area (Å²) < 4.78 is 22.0. The van der Waals surface area contributed by atoms with Crippen LogP contribution < -0.4 is 0 Å². The van der Waals surface area contributed by atoms with Crippen LogP contribution in [0.3, 0.4) is 0 Å². The lowest BCUT2D eigenvalue weighted by atomic mass is 9.98. The molecule has 45 heavy (non-hydrogen) atoms. The smallest absolute Gasteiger partial charge is 0.324 e. The Hall–Kier alpha value is -2.77. The highest BCUT2D eigenvalue weighted by molar-refractivity contribution is 5.82. The lowest BCUT2D eigenvalue weighted by Crippen LogP contribution is -2.51. The number of rotatable bonds is 17. The molecule has 0 aromatic carbocycles. The summed E-state index contributed by atoms with van der Waals surface area (Å²) in [6.45, 7) is 23.4. The Labute approximate surface area is 269 Å². The van der Waals surface area contributed by atoms with Gasteiger partial charge in [-0.2, -0.15) is 0 Å². The van der Waals surface area contributed by atoms with Gasteiger partial charge in [-0.05, 0) is 89.6 Å². The highest BCUT2D eigenvalue weighted by Gasteiger charge is 2.34. The third-order valence-corrected chi connectivity index (χ3v) is 5.88. The fourth-order valence-electron chi connectivity index (χ4n) is 3.88. The number of carboxylic acids is 1. The Balaban J connectivity index is 6.22. The van der Waals surface area contributed by atoms with Gasteiger partial charge in [-0.15, -0.1) is 0 Å². The van der Waals surface area contributed by atoms with E-state index in [1.165, 1.54) is 0 Å². The van der Waals surface area contributed by atoms with Crippen molar-refractivity contribution < 1.29 is 48.0 Å². The molecule has 0 radical (unpaired) electrons. The van der Waals surface area contributed by atoms with E-state index in [2.05, 4.69) is 0 Å². The second-order valence-corrected chi connectivity index (χ2v) is 15.1. The molecule has 13 heteroatoms. The summed E-state index contributed by atoms with van der Waals surface area (Å²) in [5.74, 6) is -3.31. The number of nitrogens with zero attached hydrogens (tertiary/aromatic N) is 3. The van der Waals surface area contributed by atoms with Gasteiger partial charge in [-0.25, -0.2) is 0 Å². The van der Waals surface area contributed by atoms with E-state index in [1.54, 1.807) is 92.9 Å². The molecule has 0 aliphatic rings. The Morgan fingerprint density at radius 3 is 1.44 bits per heavy atom. The molecule has 0 aliphatic carbocycles. The quantitative estimate of drug-likeness (QED) is 0.140. The molecule has 0 saturated carbocycles. The van der Waals surface area contributed by atoms with E-state index in [1.807, 2.05) is 11.8 Å². The van der Waals surface area contributed by atoms with E-state index in [4.69, 9.17) is 18.9 Å². The summed E-state index contributed by atoms with van der Waals surface area (Å²) in [6.07, 6.45) is -0.530. The molecule has 0 bridgehead atoms. The minimum atomic E-state index is -1.19. The Bertz CT molecular complexity index is 987. The molecule has 262 valence electrons. The first-order valence-corrected chi connectivity index (χ1v) is 15.5. The molecule has 1 N–H and O–H groups in total. The highest BCUT2D eigenvalue weighted by atomic mass is 16.6. The summed E-state index contributed by atoms with van der Waals surface area (Å²) in [5.41, 5.74) is -3.03. The van der Waals surface area contributed by atoms with Gasteiger partial charge >= 0.3 is 29.8 Å². The van der Waals surface area contributed by atoms with Gasteiger partial charge in [0.1, 0.15) is 29.6 Å². The third-order valence-electron chi connectivity index (χ3n) is 5.88. The lowest BCUT2D eigenvalue weighted by molar-refractivity contribution is -0.167. The Morgan fingerprint density at radius 1 is 0.644 bits per heavy atom. The van der Waals surface area contributed by atoms with Crippen molar-refractivity contribution in [1.82, 2.24) is 14.7 Å². The van der Waals surface area contributed by atoms with E-state index in [-0.39, 0.29) is 39.5 Å². The minimum absolute atomic E-state index is 0.00513. The van der Waals surface area contributed by atoms with Crippen molar-refractivity contribution in [2.24, 2.45) is 5.41 Å². The molecule has 0 aromatic rings. The SMILES string of the molecule is CCN(CCN(CCN(COC(=O)C(C)(C)C)CC(=O)OC(C)(C)C)C(CC(=O)O)C(=O)OC(C)(C)C)CC(=O)OC(C)(C)C. The van der Waals surface area contributed by atoms with Crippen molar-refractivity contribution in [3.8, 4) is 0 Å². The van der Waals surface area contributed by atoms with Crippen LogP contribution in [0, 0.1) is 5.41 Å². The topological polar surface area (TPSA) is 152 Å². The number of ether oxygens (including phenoxy) is 4. The second kappa shape index (κ2) is 17.8. The summed E-state index contributed by atoms with van der Waals surface area (Å²) in [4.78, 5) is 68.0. The molecule has 0 aromatic heterocycles. The minimum Gasteiger partial charge on any atom is -0.481 e. The first kappa shape index (κ1) is 42.2. The molecule has 0 amide bonds. The third kappa shape index (κ3) is 20.8. The maximum Gasteiger partial charge on any atom is 0.324 e. The average Bonchev–Trinajstić information content (AvgIpc) is 2.80. The largest absolute Gasteiger partial charge is 0.481 e. The van der Waals surface area contributed by atoms with E-state index < -0.39 is 64.5 Å². The van der Waals surface area contributed by atoms with Gasteiger partial charge < -0.3 is 24.1 Å². The standard InChI is InChI=1S/C32H59N3O10/c1-14-33(20-25(38)43-30(5,6)7)15-17-35(23(19-24(36)37)27(40)45-32(11,12)13)18-16-34(21-26(39)44-31(8,9)10)22-42-28(41)29(2,3)4/h23H,14-22H2,1-13H3,(H,36,37). The molecule has 13 nitrogen and oxygen atoms in total. The number of hydrogen-bond donors (Lipinski definition) is 1. The molecule has 0 aliphatic heterocycles. The van der Waals surface area contributed by atoms with Gasteiger partial charge in [0, 0.05) is 26.2 Å². The molecule has 0 saturated heterocycles. The zero-order valence-electron chi connectivity index (χ0n) is 29.9. The summed E-state index contributed by atoms with van der Waals surface area (Å²) in [7, 11) is 0. The maximum absolute atomic E-state index is 13.3.